The summed E-state index contributed by atoms with van der Waals surface area (Å²) in [7, 11) is 1.56. The highest BCUT2D eigenvalue weighted by Gasteiger charge is 2.23. The van der Waals surface area contributed by atoms with Crippen LogP contribution in [0.15, 0.2) is 24.3 Å². The number of carbonyl (C=O) groups is 2. The second-order valence-electron chi connectivity index (χ2n) is 5.54. The predicted octanol–water partition coefficient (Wildman–Crippen LogP) is 2.32. The van der Waals surface area contributed by atoms with Gasteiger partial charge in [0.15, 0.2) is 18.1 Å². The molecule has 0 aromatic heterocycles. The summed E-state index contributed by atoms with van der Waals surface area (Å²) in [5, 5.41) is 2.75. The van der Waals surface area contributed by atoms with Gasteiger partial charge in [-0.1, -0.05) is 13.0 Å². The molecule has 1 fully saturated rings. The van der Waals surface area contributed by atoms with E-state index in [0.29, 0.717) is 18.1 Å². The molecule has 0 unspecified atom stereocenters. The van der Waals surface area contributed by atoms with Crippen LogP contribution in [0.2, 0.25) is 0 Å². The maximum atomic E-state index is 11.6. The zero-order chi connectivity index (χ0) is 17.4. The smallest absolute Gasteiger partial charge is 0.331 e. The van der Waals surface area contributed by atoms with Crippen molar-refractivity contribution in [3.8, 4) is 11.5 Å². The lowest BCUT2D eigenvalue weighted by Gasteiger charge is -2.10. The van der Waals surface area contributed by atoms with Crippen LogP contribution >= 0.6 is 0 Å². The van der Waals surface area contributed by atoms with Crippen LogP contribution in [0.3, 0.4) is 0 Å². The highest BCUT2D eigenvalue weighted by atomic mass is 16.5. The zero-order valence-electron chi connectivity index (χ0n) is 14.0. The average molecular weight is 333 g/mol. The van der Waals surface area contributed by atoms with Gasteiger partial charge in [-0.05, 0) is 43.0 Å². The van der Waals surface area contributed by atoms with E-state index >= 15 is 0 Å². The first-order chi connectivity index (χ1) is 11.6. The van der Waals surface area contributed by atoms with Gasteiger partial charge < -0.3 is 19.5 Å². The van der Waals surface area contributed by atoms with Crippen LogP contribution in [0.25, 0.3) is 6.08 Å². The molecule has 1 aromatic rings. The van der Waals surface area contributed by atoms with E-state index in [4.69, 9.17) is 14.2 Å². The topological polar surface area (TPSA) is 73.9 Å². The molecular weight excluding hydrogens is 310 g/mol. The number of amides is 1. The third kappa shape index (κ3) is 5.95. The van der Waals surface area contributed by atoms with E-state index in [9.17, 15) is 9.59 Å². The number of nitrogens with one attached hydrogen (secondary N) is 1. The first kappa shape index (κ1) is 17.8. The van der Waals surface area contributed by atoms with Gasteiger partial charge in [-0.3, -0.25) is 4.79 Å². The molecule has 0 saturated heterocycles. The Balaban J connectivity index is 1.85. The number of hydrogen-bond acceptors (Lipinski definition) is 5. The number of esters is 1. The number of methoxy groups -OCH3 is 1. The monoisotopic (exact) mass is 333 g/mol. The molecular formula is C18H23NO5. The minimum absolute atomic E-state index is 0.257. The largest absolute Gasteiger partial charge is 0.493 e. The van der Waals surface area contributed by atoms with Crippen molar-refractivity contribution in [1.29, 1.82) is 0 Å². The second-order valence-corrected chi connectivity index (χ2v) is 5.54. The van der Waals surface area contributed by atoms with Crippen LogP contribution in [-0.2, 0) is 14.3 Å². The van der Waals surface area contributed by atoms with E-state index in [1.807, 2.05) is 13.0 Å². The summed E-state index contributed by atoms with van der Waals surface area (Å²) in [6.45, 7) is 2.38. The van der Waals surface area contributed by atoms with Gasteiger partial charge in [0.25, 0.3) is 5.91 Å². The number of benzene rings is 1. The van der Waals surface area contributed by atoms with Crippen molar-refractivity contribution in [3.63, 3.8) is 0 Å². The van der Waals surface area contributed by atoms with Gasteiger partial charge >= 0.3 is 5.97 Å². The molecule has 1 aliphatic carbocycles. The SMILES string of the molecule is CCCOc1ccc(/C=C/C(=O)OCC(=O)NC2CC2)cc1OC. The van der Waals surface area contributed by atoms with Crippen LogP contribution in [0.1, 0.15) is 31.7 Å². The van der Waals surface area contributed by atoms with Gasteiger partial charge in [0.1, 0.15) is 0 Å². The summed E-state index contributed by atoms with van der Waals surface area (Å²) in [5.74, 6) is 0.433. The van der Waals surface area contributed by atoms with Crippen molar-refractivity contribution in [1.82, 2.24) is 5.32 Å². The molecule has 0 aliphatic heterocycles. The molecule has 1 aromatic carbocycles. The standard InChI is InChI=1S/C18H23NO5/c1-3-10-23-15-8-4-13(11-16(15)22-2)5-9-18(21)24-12-17(20)19-14-6-7-14/h4-5,8-9,11,14H,3,6-7,10,12H2,1-2H3,(H,19,20)/b9-5+. The van der Waals surface area contributed by atoms with E-state index in [1.165, 1.54) is 6.08 Å². The first-order valence-electron chi connectivity index (χ1n) is 8.07. The Labute approximate surface area is 141 Å². The molecule has 1 saturated carbocycles. The number of carbonyl (C=O) groups excluding carboxylic acids is 2. The molecule has 2 rings (SSSR count). The molecule has 1 N–H and O–H groups in total. The quantitative estimate of drug-likeness (QED) is 0.554. The molecule has 0 bridgehead atoms. The lowest BCUT2D eigenvalue weighted by Crippen LogP contribution is -2.30. The molecule has 24 heavy (non-hydrogen) atoms. The Hall–Kier alpha value is -2.50. The number of hydrogen-bond donors (Lipinski definition) is 1. The van der Waals surface area contributed by atoms with Crippen molar-refractivity contribution < 1.29 is 23.8 Å². The molecule has 130 valence electrons. The lowest BCUT2D eigenvalue weighted by molar-refractivity contribution is -0.143. The minimum atomic E-state index is -0.564. The van der Waals surface area contributed by atoms with Gasteiger partial charge in [-0.2, -0.15) is 0 Å². The Bertz CT molecular complexity index is 607. The van der Waals surface area contributed by atoms with Crippen molar-refractivity contribution in [2.75, 3.05) is 20.3 Å². The minimum Gasteiger partial charge on any atom is -0.493 e. The maximum Gasteiger partial charge on any atom is 0.331 e. The van der Waals surface area contributed by atoms with Crippen LogP contribution in [-0.4, -0.2) is 38.2 Å². The molecule has 6 nitrogen and oxygen atoms in total. The highest BCUT2D eigenvalue weighted by molar-refractivity contribution is 5.89. The molecule has 1 aliphatic rings. The van der Waals surface area contributed by atoms with Crippen LogP contribution in [0.5, 0.6) is 11.5 Å². The number of rotatable bonds is 9. The molecule has 1 amide bonds. The van der Waals surface area contributed by atoms with Crippen LogP contribution < -0.4 is 14.8 Å². The Morgan fingerprint density at radius 1 is 1.29 bits per heavy atom. The third-order valence-electron chi connectivity index (χ3n) is 3.35. The first-order valence-corrected chi connectivity index (χ1v) is 8.07. The normalized spacial score (nSPS) is 13.6. The molecule has 0 spiro atoms. The van der Waals surface area contributed by atoms with Gasteiger partial charge in [0, 0.05) is 12.1 Å². The zero-order valence-corrected chi connectivity index (χ0v) is 14.0. The second kappa shape index (κ2) is 8.96. The van der Waals surface area contributed by atoms with Crippen molar-refractivity contribution in [2.45, 2.75) is 32.2 Å². The number of ether oxygens (including phenoxy) is 3. The van der Waals surface area contributed by atoms with Crippen LogP contribution in [0, 0.1) is 0 Å². The Morgan fingerprint density at radius 2 is 2.08 bits per heavy atom. The van der Waals surface area contributed by atoms with E-state index in [1.54, 1.807) is 25.3 Å². The maximum absolute atomic E-state index is 11.6. The molecule has 6 heteroatoms. The fourth-order valence-electron chi connectivity index (χ4n) is 1.97. The van der Waals surface area contributed by atoms with Crippen molar-refractivity contribution in [3.05, 3.63) is 29.8 Å². The van der Waals surface area contributed by atoms with Gasteiger partial charge in [-0.15, -0.1) is 0 Å². The molecule has 0 atom stereocenters. The highest BCUT2D eigenvalue weighted by Crippen LogP contribution is 2.28. The fraction of sp³-hybridized carbons (Fsp3) is 0.444. The van der Waals surface area contributed by atoms with Gasteiger partial charge in [0.2, 0.25) is 0 Å². The fourth-order valence-corrected chi connectivity index (χ4v) is 1.97. The van der Waals surface area contributed by atoms with E-state index < -0.39 is 5.97 Å². The summed E-state index contributed by atoms with van der Waals surface area (Å²) in [6, 6.07) is 5.64. The van der Waals surface area contributed by atoms with Crippen molar-refractivity contribution in [2.24, 2.45) is 0 Å². The summed E-state index contributed by atoms with van der Waals surface area (Å²) in [4.78, 5) is 23.1. The van der Waals surface area contributed by atoms with Crippen LogP contribution in [0.4, 0.5) is 0 Å². The molecule has 0 radical (unpaired) electrons. The van der Waals surface area contributed by atoms with Crippen molar-refractivity contribution >= 4 is 18.0 Å². The van der Waals surface area contributed by atoms with Gasteiger partial charge in [0.05, 0.1) is 13.7 Å². The summed E-state index contributed by atoms with van der Waals surface area (Å²) < 4.78 is 15.8. The van der Waals surface area contributed by atoms with E-state index in [2.05, 4.69) is 5.32 Å². The lowest BCUT2D eigenvalue weighted by atomic mass is 10.2. The summed E-state index contributed by atoms with van der Waals surface area (Å²) in [6.07, 6.45) is 5.79. The third-order valence-corrected chi connectivity index (χ3v) is 3.35. The Kier molecular flexibility index (Phi) is 6.66. The van der Waals surface area contributed by atoms with Gasteiger partial charge in [-0.25, -0.2) is 4.79 Å². The predicted molar refractivity (Wildman–Crippen MR) is 89.9 cm³/mol. The average Bonchev–Trinajstić information content (AvgIpc) is 3.40. The van der Waals surface area contributed by atoms with E-state index in [-0.39, 0.29) is 18.6 Å². The summed E-state index contributed by atoms with van der Waals surface area (Å²) in [5.41, 5.74) is 0.773. The van der Waals surface area contributed by atoms with E-state index in [0.717, 1.165) is 24.8 Å². The summed E-state index contributed by atoms with van der Waals surface area (Å²) >= 11 is 0. The molecule has 0 heterocycles. The Morgan fingerprint density at radius 3 is 2.75 bits per heavy atom.